The molecule has 2 atom stereocenters. The molecule has 1 rings (SSSR count). The van der Waals surface area contributed by atoms with Gasteiger partial charge in [-0.15, -0.1) is 0 Å². The van der Waals surface area contributed by atoms with Crippen molar-refractivity contribution in [1.82, 2.24) is 15.4 Å². The minimum Gasteiger partial charge on any atom is -0.446 e. The minimum atomic E-state index is -3.65. The van der Waals surface area contributed by atoms with Crippen LogP contribution >= 0.6 is 0 Å². The number of ether oxygens (including phenoxy) is 1. The van der Waals surface area contributed by atoms with Gasteiger partial charge < -0.3 is 10.1 Å². The van der Waals surface area contributed by atoms with E-state index in [1.807, 2.05) is 6.92 Å². The van der Waals surface area contributed by atoms with Crippen molar-refractivity contribution < 1.29 is 27.5 Å². The molecule has 0 radical (unpaired) electrons. The number of urea groups is 1. The summed E-state index contributed by atoms with van der Waals surface area (Å²) in [4.78, 5) is 36.4. The molecular formula is C18H27N3O6S. The van der Waals surface area contributed by atoms with Gasteiger partial charge in [0, 0.05) is 12.1 Å². The Kier molecular flexibility index (Phi) is 9.60. The van der Waals surface area contributed by atoms with E-state index in [9.17, 15) is 22.8 Å². The van der Waals surface area contributed by atoms with Crippen molar-refractivity contribution in [3.63, 3.8) is 0 Å². The molecule has 0 aliphatic rings. The van der Waals surface area contributed by atoms with Gasteiger partial charge in [-0.05, 0) is 20.3 Å². The number of amides is 3. The third-order valence-corrected chi connectivity index (χ3v) is 5.16. The average molecular weight is 413 g/mol. The van der Waals surface area contributed by atoms with E-state index in [1.165, 1.54) is 6.92 Å². The first-order valence-corrected chi connectivity index (χ1v) is 10.7. The van der Waals surface area contributed by atoms with Crippen molar-refractivity contribution in [3.05, 3.63) is 35.9 Å². The lowest BCUT2D eigenvalue weighted by Crippen LogP contribution is -2.45. The highest BCUT2D eigenvalue weighted by molar-refractivity contribution is 7.89. The second-order valence-electron chi connectivity index (χ2n) is 6.09. The van der Waals surface area contributed by atoms with Crippen LogP contribution in [0.2, 0.25) is 0 Å². The van der Waals surface area contributed by atoms with Crippen LogP contribution in [0.15, 0.2) is 30.3 Å². The Morgan fingerprint density at radius 2 is 1.75 bits per heavy atom. The normalized spacial score (nSPS) is 13.2. The van der Waals surface area contributed by atoms with E-state index in [-0.39, 0.29) is 5.75 Å². The molecule has 156 valence electrons. The van der Waals surface area contributed by atoms with Crippen LogP contribution in [0.5, 0.6) is 0 Å². The number of hydrogen-bond donors (Lipinski definition) is 3. The first kappa shape index (κ1) is 23.6. The second kappa shape index (κ2) is 11.4. The Hall–Kier alpha value is -2.46. The van der Waals surface area contributed by atoms with Gasteiger partial charge in [-0.3, -0.25) is 14.9 Å². The Morgan fingerprint density at radius 3 is 2.32 bits per heavy atom. The molecule has 0 saturated carbocycles. The van der Waals surface area contributed by atoms with E-state index in [4.69, 9.17) is 4.74 Å². The zero-order valence-electron chi connectivity index (χ0n) is 16.2. The summed E-state index contributed by atoms with van der Waals surface area (Å²) in [7, 11) is -3.65. The summed E-state index contributed by atoms with van der Waals surface area (Å²) in [5.74, 6) is -1.88. The largest absolute Gasteiger partial charge is 0.446 e. The number of imide groups is 1. The number of esters is 1. The van der Waals surface area contributed by atoms with Crippen molar-refractivity contribution in [1.29, 1.82) is 0 Å². The van der Waals surface area contributed by atoms with Gasteiger partial charge in [-0.1, -0.05) is 43.7 Å². The van der Waals surface area contributed by atoms with Gasteiger partial charge in [0.2, 0.25) is 16.1 Å². The van der Waals surface area contributed by atoms with Crippen LogP contribution in [0.3, 0.4) is 0 Å². The fourth-order valence-corrected chi connectivity index (χ4v) is 3.63. The quantitative estimate of drug-likeness (QED) is 0.495. The van der Waals surface area contributed by atoms with Gasteiger partial charge in [0.25, 0.3) is 5.91 Å². The SMILES string of the molecule is CCCCS(=O)(=O)N[C@@H](C)C(=O)O[C@@H](C(=O)NC(=O)NCC)c1ccccc1. The van der Waals surface area contributed by atoms with Crippen molar-refractivity contribution in [2.75, 3.05) is 12.3 Å². The first-order chi connectivity index (χ1) is 13.2. The Labute approximate surface area is 165 Å². The van der Waals surface area contributed by atoms with Crippen molar-refractivity contribution >= 4 is 27.9 Å². The smallest absolute Gasteiger partial charge is 0.325 e. The maximum Gasteiger partial charge on any atom is 0.325 e. The van der Waals surface area contributed by atoms with Crippen LogP contribution in [0.25, 0.3) is 0 Å². The van der Waals surface area contributed by atoms with Crippen molar-refractivity contribution in [2.45, 2.75) is 45.8 Å². The van der Waals surface area contributed by atoms with Gasteiger partial charge in [0.05, 0.1) is 5.75 Å². The predicted octanol–water partition coefficient (Wildman–Crippen LogP) is 1.22. The zero-order valence-corrected chi connectivity index (χ0v) is 17.0. The van der Waals surface area contributed by atoms with E-state index < -0.39 is 40.1 Å². The van der Waals surface area contributed by atoms with Crippen LogP contribution in [0.1, 0.15) is 45.3 Å². The van der Waals surface area contributed by atoms with E-state index >= 15 is 0 Å². The molecule has 3 amide bonds. The molecule has 28 heavy (non-hydrogen) atoms. The van der Waals surface area contributed by atoms with Gasteiger partial charge in [0.1, 0.15) is 6.04 Å². The maximum atomic E-state index is 12.4. The summed E-state index contributed by atoms with van der Waals surface area (Å²) in [6.07, 6.45) is -0.256. The first-order valence-electron chi connectivity index (χ1n) is 9.04. The summed E-state index contributed by atoms with van der Waals surface area (Å²) >= 11 is 0. The van der Waals surface area contributed by atoms with Crippen LogP contribution in [-0.2, 0) is 24.3 Å². The minimum absolute atomic E-state index is 0.110. The second-order valence-corrected chi connectivity index (χ2v) is 7.96. The number of carbonyl (C=O) groups is 3. The lowest BCUT2D eigenvalue weighted by Gasteiger charge is -2.20. The summed E-state index contributed by atoms with van der Waals surface area (Å²) in [5, 5.41) is 4.50. The highest BCUT2D eigenvalue weighted by atomic mass is 32.2. The number of rotatable bonds is 10. The Bertz CT molecular complexity index is 767. The van der Waals surface area contributed by atoms with Gasteiger partial charge in [0.15, 0.2) is 0 Å². The molecule has 0 fully saturated rings. The lowest BCUT2D eigenvalue weighted by molar-refractivity contribution is -0.157. The highest BCUT2D eigenvalue weighted by Crippen LogP contribution is 2.18. The maximum absolute atomic E-state index is 12.4. The number of carbonyl (C=O) groups excluding carboxylic acids is 3. The number of hydrogen-bond acceptors (Lipinski definition) is 6. The van der Waals surface area contributed by atoms with Gasteiger partial charge in [-0.25, -0.2) is 17.9 Å². The van der Waals surface area contributed by atoms with E-state index in [2.05, 4.69) is 15.4 Å². The van der Waals surface area contributed by atoms with E-state index in [0.717, 1.165) is 0 Å². The average Bonchev–Trinajstić information content (AvgIpc) is 2.64. The van der Waals surface area contributed by atoms with Crippen molar-refractivity contribution in [2.24, 2.45) is 0 Å². The molecule has 0 spiro atoms. The topological polar surface area (TPSA) is 131 Å². The third kappa shape index (κ3) is 8.05. The molecule has 0 bridgehead atoms. The van der Waals surface area contributed by atoms with E-state index in [1.54, 1.807) is 37.3 Å². The molecule has 9 nitrogen and oxygen atoms in total. The molecule has 10 heteroatoms. The summed E-state index contributed by atoms with van der Waals surface area (Å²) in [6.45, 7) is 5.18. The molecule has 1 aromatic rings. The monoisotopic (exact) mass is 413 g/mol. The summed E-state index contributed by atoms with van der Waals surface area (Å²) in [5.41, 5.74) is 0.346. The fourth-order valence-electron chi connectivity index (χ4n) is 2.21. The lowest BCUT2D eigenvalue weighted by atomic mass is 10.1. The summed E-state index contributed by atoms with van der Waals surface area (Å²) in [6, 6.07) is 6.22. The van der Waals surface area contributed by atoms with Gasteiger partial charge in [-0.2, -0.15) is 0 Å². The Balaban J connectivity index is 2.89. The molecule has 0 aliphatic heterocycles. The molecule has 0 saturated heterocycles. The van der Waals surface area contributed by atoms with E-state index in [0.29, 0.717) is 24.9 Å². The van der Waals surface area contributed by atoms with Crippen LogP contribution in [-0.4, -0.2) is 44.7 Å². The van der Waals surface area contributed by atoms with Crippen LogP contribution in [0.4, 0.5) is 4.79 Å². The number of sulfonamides is 1. The standard InChI is InChI=1S/C18H27N3O6S/c1-4-6-12-28(25,26)21-13(3)17(23)27-15(14-10-8-7-9-11-14)16(22)20-18(24)19-5-2/h7-11,13,15,21H,4-6,12H2,1-3H3,(H2,19,20,22,24)/t13-,15+/m0/s1. The molecule has 0 aromatic heterocycles. The molecule has 0 unspecified atom stereocenters. The van der Waals surface area contributed by atoms with Crippen molar-refractivity contribution in [3.8, 4) is 0 Å². The third-order valence-electron chi connectivity index (χ3n) is 3.63. The summed E-state index contributed by atoms with van der Waals surface area (Å²) < 4.78 is 31.4. The number of nitrogens with one attached hydrogen (secondary N) is 3. The predicted molar refractivity (Wildman–Crippen MR) is 104 cm³/mol. The molecule has 0 heterocycles. The van der Waals surface area contributed by atoms with Crippen LogP contribution in [0, 0.1) is 0 Å². The molecule has 3 N–H and O–H groups in total. The number of unbranched alkanes of at least 4 members (excludes halogenated alkanes) is 1. The highest BCUT2D eigenvalue weighted by Gasteiger charge is 2.30. The van der Waals surface area contributed by atoms with Gasteiger partial charge >= 0.3 is 12.0 Å². The molecule has 1 aromatic carbocycles. The molecular weight excluding hydrogens is 386 g/mol. The Morgan fingerprint density at radius 1 is 1.11 bits per heavy atom. The number of benzene rings is 1. The van der Waals surface area contributed by atoms with Crippen LogP contribution < -0.4 is 15.4 Å². The fraction of sp³-hybridized carbons (Fsp3) is 0.500. The molecule has 0 aliphatic carbocycles. The zero-order chi connectivity index (χ0) is 21.2.